The van der Waals surface area contributed by atoms with Crippen LogP contribution >= 0.6 is 30.6 Å². The van der Waals surface area contributed by atoms with Crippen LogP contribution < -0.4 is 10.6 Å². The first-order valence-corrected chi connectivity index (χ1v) is 18.2. The molecule has 0 bridgehead atoms. The summed E-state index contributed by atoms with van der Waals surface area (Å²) in [6.07, 6.45) is -1.23. The van der Waals surface area contributed by atoms with E-state index in [-0.39, 0.29) is 50.1 Å². The van der Waals surface area contributed by atoms with Crippen LogP contribution in [0.25, 0.3) is 0 Å². The first kappa shape index (κ1) is 35.2. The molecule has 0 spiro atoms. The topological polar surface area (TPSA) is 167 Å². The van der Waals surface area contributed by atoms with E-state index < -0.39 is 47.4 Å². The maximum absolute atomic E-state index is 13.5. The van der Waals surface area contributed by atoms with E-state index in [0.717, 1.165) is 12.3 Å². The van der Waals surface area contributed by atoms with Crippen molar-refractivity contribution in [2.24, 2.45) is 0 Å². The number of aliphatic hydroxyl groups is 1. The van der Waals surface area contributed by atoms with Crippen LogP contribution in [0.4, 0.5) is 0 Å². The van der Waals surface area contributed by atoms with Crippen LogP contribution in [0.1, 0.15) is 33.2 Å². The molecule has 3 atom stereocenters. The van der Waals surface area contributed by atoms with Crippen molar-refractivity contribution in [2.45, 2.75) is 30.1 Å². The van der Waals surface area contributed by atoms with Gasteiger partial charge < -0.3 is 25.2 Å². The first-order chi connectivity index (χ1) is 21.6. The quantitative estimate of drug-likeness (QED) is 0.119. The van der Waals surface area contributed by atoms with E-state index >= 15 is 0 Å². The van der Waals surface area contributed by atoms with E-state index in [1.165, 1.54) is 48.5 Å². The Kier molecular flexibility index (Phi) is 11.3. The fraction of sp³-hybridized carbons (Fsp3) is 0.188. The van der Waals surface area contributed by atoms with Crippen molar-refractivity contribution in [3.8, 4) is 5.75 Å². The van der Waals surface area contributed by atoms with Crippen molar-refractivity contribution in [3.63, 3.8) is 0 Å². The van der Waals surface area contributed by atoms with E-state index in [4.69, 9.17) is 27.9 Å². The van der Waals surface area contributed by atoms with E-state index in [2.05, 4.69) is 5.32 Å². The van der Waals surface area contributed by atoms with Gasteiger partial charge >= 0.3 is 5.97 Å². The predicted molar refractivity (Wildman–Crippen MR) is 175 cm³/mol. The van der Waals surface area contributed by atoms with Gasteiger partial charge in [-0.15, -0.1) is 0 Å². The number of aromatic hydroxyl groups is 1. The van der Waals surface area contributed by atoms with Crippen LogP contribution in [0.2, 0.25) is 10.0 Å². The lowest BCUT2D eigenvalue weighted by molar-refractivity contribution is -0.147. The Bertz CT molecular complexity index is 1880. The summed E-state index contributed by atoms with van der Waals surface area (Å²) >= 11 is 12.8. The number of ether oxygens (including phenoxy) is 1. The molecule has 0 saturated carbocycles. The lowest BCUT2D eigenvalue weighted by Crippen LogP contribution is -2.43. The highest BCUT2D eigenvalue weighted by Gasteiger charge is 2.30. The number of halogens is 2. The highest BCUT2D eigenvalue weighted by atomic mass is 35.5. The third-order valence-electron chi connectivity index (χ3n) is 6.91. The van der Waals surface area contributed by atoms with Crippen LogP contribution in [-0.4, -0.2) is 53.9 Å². The number of aliphatic hydroxyl groups excluding tert-OH is 1. The SMILES string of the molecule is CS(=O)(=O)c1cccc(C[C@H](NC(=O)c2c(Cl)cc(C(O)CP(=O)(O)c3cccc(O)c3)cc2Cl)C(=O)OCc2ccccc2)c1. The molecular weight excluding hydrogens is 676 g/mol. The minimum absolute atomic E-state index is 0.0319. The molecule has 0 aliphatic carbocycles. The number of phenols is 1. The van der Waals surface area contributed by atoms with Gasteiger partial charge in [-0.3, -0.25) is 9.36 Å². The summed E-state index contributed by atoms with van der Waals surface area (Å²) in [4.78, 5) is 37.3. The van der Waals surface area contributed by atoms with Gasteiger partial charge in [-0.1, -0.05) is 71.7 Å². The van der Waals surface area contributed by atoms with Crippen LogP contribution in [0, 0.1) is 0 Å². The Hall–Kier alpha value is -3.70. The van der Waals surface area contributed by atoms with E-state index in [9.17, 15) is 37.7 Å². The Morgan fingerprint density at radius 3 is 2.17 bits per heavy atom. The molecule has 0 fully saturated rings. The van der Waals surface area contributed by atoms with Crippen molar-refractivity contribution >= 4 is 57.6 Å². The molecule has 1 amide bonds. The van der Waals surface area contributed by atoms with Crippen molar-refractivity contribution in [1.29, 1.82) is 0 Å². The number of nitrogens with one attached hydrogen (secondary N) is 1. The molecule has 4 aromatic rings. The number of phenolic OH excluding ortho intramolecular Hbond substituents is 1. The number of rotatable bonds is 12. The molecule has 10 nitrogen and oxygen atoms in total. The van der Waals surface area contributed by atoms with Gasteiger partial charge in [0.2, 0.25) is 7.37 Å². The van der Waals surface area contributed by atoms with Gasteiger partial charge in [0, 0.05) is 18.0 Å². The predicted octanol–water partition coefficient (Wildman–Crippen LogP) is 4.82. The van der Waals surface area contributed by atoms with Crippen LogP contribution in [0.5, 0.6) is 5.75 Å². The zero-order chi connectivity index (χ0) is 33.6. The molecule has 0 aliphatic heterocycles. The van der Waals surface area contributed by atoms with Gasteiger partial charge in [0.25, 0.3) is 5.91 Å². The lowest BCUT2D eigenvalue weighted by Gasteiger charge is -2.20. The normalized spacial score (nSPS) is 14.1. The van der Waals surface area contributed by atoms with Gasteiger partial charge in [0.1, 0.15) is 18.4 Å². The summed E-state index contributed by atoms with van der Waals surface area (Å²) in [5.74, 6) is -1.87. The second kappa shape index (κ2) is 14.8. The monoisotopic (exact) mass is 705 g/mol. The van der Waals surface area contributed by atoms with Gasteiger partial charge in [-0.05, 0) is 59.2 Å². The molecule has 0 aliphatic rings. The minimum Gasteiger partial charge on any atom is -0.508 e. The number of carbonyl (C=O) groups excluding carboxylic acids is 2. The highest BCUT2D eigenvalue weighted by molar-refractivity contribution is 7.90. The molecule has 0 heterocycles. The van der Waals surface area contributed by atoms with Gasteiger partial charge in [-0.25, -0.2) is 13.2 Å². The van der Waals surface area contributed by atoms with Crippen LogP contribution in [0.15, 0.2) is 95.9 Å². The number of amides is 1. The van der Waals surface area contributed by atoms with Gasteiger partial charge in [-0.2, -0.15) is 0 Å². The number of hydrogen-bond acceptors (Lipinski definition) is 8. The van der Waals surface area contributed by atoms with Gasteiger partial charge in [0.05, 0.1) is 32.8 Å². The molecule has 14 heteroatoms. The van der Waals surface area contributed by atoms with Crippen LogP contribution in [0.3, 0.4) is 0 Å². The Balaban J connectivity index is 1.57. The van der Waals surface area contributed by atoms with E-state index in [1.54, 1.807) is 36.4 Å². The van der Waals surface area contributed by atoms with Crippen molar-refractivity contribution < 1.29 is 42.4 Å². The number of esters is 1. The number of sulfone groups is 1. The summed E-state index contributed by atoms with van der Waals surface area (Å²) in [7, 11) is -7.67. The zero-order valence-corrected chi connectivity index (χ0v) is 27.6. The maximum Gasteiger partial charge on any atom is 0.329 e. The summed E-state index contributed by atoms with van der Waals surface area (Å²) in [5, 5.41) is 22.5. The summed E-state index contributed by atoms with van der Waals surface area (Å²) < 4.78 is 42.6. The van der Waals surface area contributed by atoms with E-state index in [1.807, 2.05) is 0 Å². The smallest absolute Gasteiger partial charge is 0.329 e. The molecule has 4 N–H and O–H groups in total. The number of hydrogen-bond donors (Lipinski definition) is 4. The molecule has 4 rings (SSSR count). The average Bonchev–Trinajstić information content (AvgIpc) is 2.99. The zero-order valence-electron chi connectivity index (χ0n) is 24.3. The Morgan fingerprint density at radius 2 is 1.54 bits per heavy atom. The molecule has 0 saturated heterocycles. The second-order valence-electron chi connectivity index (χ2n) is 10.5. The molecule has 242 valence electrons. The average molecular weight is 707 g/mol. The number of benzene rings is 4. The lowest BCUT2D eigenvalue weighted by atomic mass is 10.0. The second-order valence-corrected chi connectivity index (χ2v) is 15.6. The molecule has 46 heavy (non-hydrogen) atoms. The summed E-state index contributed by atoms with van der Waals surface area (Å²) in [6.45, 7) is -0.0825. The largest absolute Gasteiger partial charge is 0.508 e. The fourth-order valence-corrected chi connectivity index (χ4v) is 7.46. The molecule has 0 radical (unpaired) electrons. The fourth-order valence-electron chi connectivity index (χ4n) is 4.55. The van der Waals surface area contributed by atoms with Crippen molar-refractivity contribution in [2.75, 3.05) is 12.4 Å². The third kappa shape index (κ3) is 9.19. The van der Waals surface area contributed by atoms with Crippen LogP contribution in [-0.2, 0) is 37.0 Å². The molecular formula is C32H30Cl2NO9PS. The minimum atomic E-state index is -4.13. The van der Waals surface area contributed by atoms with Crippen molar-refractivity contribution in [3.05, 3.63) is 123 Å². The first-order valence-electron chi connectivity index (χ1n) is 13.7. The molecule has 0 aromatic heterocycles. The molecule has 2 unspecified atom stereocenters. The van der Waals surface area contributed by atoms with Crippen molar-refractivity contribution in [1.82, 2.24) is 5.32 Å². The molecule has 4 aromatic carbocycles. The highest BCUT2D eigenvalue weighted by Crippen LogP contribution is 2.44. The van der Waals surface area contributed by atoms with Gasteiger partial charge in [0.15, 0.2) is 9.84 Å². The Labute approximate surface area is 275 Å². The van der Waals surface area contributed by atoms with E-state index in [0.29, 0.717) is 11.1 Å². The maximum atomic E-state index is 13.5. The summed E-state index contributed by atoms with van der Waals surface area (Å²) in [5.41, 5.74) is 0.958. The standard InChI is InChI=1S/C32H30Cl2NO9PS/c1-46(42,43)25-12-5-9-21(13-25)14-28(32(39)44-18-20-7-3-2-4-8-20)35-31(38)30-26(33)15-22(16-27(30)34)29(37)19-45(40,41)24-11-6-10-23(36)17-24/h2-13,15-17,28-29,36-37H,14,18-19H2,1H3,(H,35,38)(H,40,41)/t28-,29?/m0/s1. The number of carbonyl (C=O) groups is 2. The Morgan fingerprint density at radius 1 is 0.913 bits per heavy atom. The summed E-state index contributed by atoms with van der Waals surface area (Å²) in [6, 6.07) is 21.1. The third-order valence-corrected chi connectivity index (χ3v) is 10.5.